The Kier molecular flexibility index (Phi) is 7.50. The molecule has 1 saturated heterocycles. The maximum Gasteiger partial charge on any atom is 0.123 e. The van der Waals surface area contributed by atoms with Crippen LogP contribution in [0.4, 0.5) is 4.39 Å². The molecule has 0 aliphatic carbocycles. The first-order valence-corrected chi connectivity index (χ1v) is 12.1. The highest BCUT2D eigenvalue weighted by molar-refractivity contribution is 6.30. The van der Waals surface area contributed by atoms with E-state index in [1.807, 2.05) is 54.6 Å². The molecule has 0 spiro atoms. The monoisotopic (exact) mass is 466 g/mol. The van der Waals surface area contributed by atoms with Crippen LogP contribution >= 0.6 is 11.6 Å². The molecule has 3 aromatic rings. The van der Waals surface area contributed by atoms with Crippen LogP contribution in [0.25, 0.3) is 0 Å². The Balaban J connectivity index is 1.42. The highest BCUT2D eigenvalue weighted by atomic mass is 35.5. The number of halogens is 2. The van der Waals surface area contributed by atoms with Gasteiger partial charge in [0, 0.05) is 30.1 Å². The Morgan fingerprint density at radius 1 is 0.909 bits per heavy atom. The lowest BCUT2D eigenvalue weighted by molar-refractivity contribution is -0.0262. The average Bonchev–Trinajstić information content (AvgIpc) is 2.85. The van der Waals surface area contributed by atoms with Gasteiger partial charge in [-0.25, -0.2) is 4.39 Å². The number of hydrogen-bond acceptors (Lipinski definition) is 3. The van der Waals surface area contributed by atoms with Gasteiger partial charge in [0.15, 0.2) is 0 Å². The van der Waals surface area contributed by atoms with E-state index in [1.54, 1.807) is 0 Å². The van der Waals surface area contributed by atoms with Crippen molar-refractivity contribution < 1.29 is 9.50 Å². The number of benzene rings is 3. The summed E-state index contributed by atoms with van der Waals surface area (Å²) in [4.78, 5) is 2.42. The second kappa shape index (κ2) is 10.4. The van der Waals surface area contributed by atoms with Crippen molar-refractivity contribution in [3.63, 3.8) is 0 Å². The van der Waals surface area contributed by atoms with E-state index in [0.29, 0.717) is 24.4 Å². The van der Waals surface area contributed by atoms with E-state index in [4.69, 9.17) is 17.3 Å². The fourth-order valence-corrected chi connectivity index (χ4v) is 5.25. The third kappa shape index (κ3) is 5.30. The van der Waals surface area contributed by atoms with Crippen LogP contribution in [0.15, 0.2) is 78.9 Å². The second-order valence-corrected chi connectivity index (χ2v) is 9.58. The van der Waals surface area contributed by atoms with E-state index in [1.165, 1.54) is 12.1 Å². The first-order valence-electron chi connectivity index (χ1n) is 11.7. The van der Waals surface area contributed by atoms with Crippen molar-refractivity contribution in [1.82, 2.24) is 4.90 Å². The molecule has 5 heteroatoms. The van der Waals surface area contributed by atoms with Gasteiger partial charge in [-0.05, 0) is 73.2 Å². The summed E-state index contributed by atoms with van der Waals surface area (Å²) in [6.07, 6.45) is 3.24. The van der Waals surface area contributed by atoms with Crippen molar-refractivity contribution in [2.75, 3.05) is 26.2 Å². The standard InChI is InChI=1S/C28H32ClFN2O/c29-25-11-7-24(8-12-25)28(33)16-19-32(20-17-28)18-4-15-27(21-31,22-5-2-1-3-6-22)23-9-13-26(30)14-10-23/h1-3,5-14,33H,4,15-21,31H2. The normalized spacial score (nSPS) is 18.1. The van der Waals surface area contributed by atoms with Crippen molar-refractivity contribution in [2.45, 2.75) is 36.7 Å². The van der Waals surface area contributed by atoms with Crippen LogP contribution in [0.3, 0.4) is 0 Å². The zero-order valence-corrected chi connectivity index (χ0v) is 19.6. The molecule has 0 amide bonds. The third-order valence-corrected chi connectivity index (χ3v) is 7.47. The van der Waals surface area contributed by atoms with Gasteiger partial charge in [-0.3, -0.25) is 0 Å². The molecule has 1 unspecified atom stereocenters. The highest BCUT2D eigenvalue weighted by Crippen LogP contribution is 2.37. The van der Waals surface area contributed by atoms with Crippen LogP contribution in [-0.2, 0) is 11.0 Å². The van der Waals surface area contributed by atoms with E-state index in [9.17, 15) is 9.50 Å². The van der Waals surface area contributed by atoms with Crippen LogP contribution < -0.4 is 5.73 Å². The molecule has 1 aliphatic heterocycles. The fourth-order valence-electron chi connectivity index (χ4n) is 5.12. The van der Waals surface area contributed by atoms with Gasteiger partial charge in [0.1, 0.15) is 5.82 Å². The van der Waals surface area contributed by atoms with E-state index < -0.39 is 5.60 Å². The maximum absolute atomic E-state index is 13.6. The first-order chi connectivity index (χ1) is 15.9. The van der Waals surface area contributed by atoms with E-state index in [2.05, 4.69) is 17.0 Å². The molecule has 3 N–H and O–H groups in total. The largest absolute Gasteiger partial charge is 0.385 e. The van der Waals surface area contributed by atoms with E-state index >= 15 is 0 Å². The molecule has 1 heterocycles. The van der Waals surface area contributed by atoms with Gasteiger partial charge in [-0.15, -0.1) is 0 Å². The molecule has 0 saturated carbocycles. The minimum absolute atomic E-state index is 0.237. The Bertz CT molecular complexity index is 1020. The quantitative estimate of drug-likeness (QED) is 0.461. The molecular formula is C28H32ClFN2O. The average molecular weight is 467 g/mol. The summed E-state index contributed by atoms with van der Waals surface area (Å²) in [5.41, 5.74) is 8.40. The number of likely N-dealkylation sites (tertiary alicyclic amines) is 1. The molecule has 3 aromatic carbocycles. The summed E-state index contributed by atoms with van der Waals surface area (Å²) in [6, 6.07) is 24.6. The van der Waals surface area contributed by atoms with Gasteiger partial charge < -0.3 is 15.7 Å². The number of nitrogens with zero attached hydrogens (tertiary/aromatic N) is 1. The van der Waals surface area contributed by atoms with E-state index in [-0.39, 0.29) is 11.2 Å². The van der Waals surface area contributed by atoms with Gasteiger partial charge in [0.05, 0.1) is 5.60 Å². The lowest BCUT2D eigenvalue weighted by Gasteiger charge is -2.39. The molecule has 0 radical (unpaired) electrons. The molecule has 4 rings (SSSR count). The second-order valence-electron chi connectivity index (χ2n) is 9.14. The SMILES string of the molecule is NCC(CCCN1CCC(O)(c2ccc(Cl)cc2)CC1)(c1ccccc1)c1ccc(F)cc1. The molecule has 0 bridgehead atoms. The van der Waals surface area contributed by atoms with Crippen LogP contribution in [0, 0.1) is 5.82 Å². The zero-order chi connectivity index (χ0) is 23.3. The third-order valence-electron chi connectivity index (χ3n) is 7.21. The Labute approximate surface area is 201 Å². The lowest BCUT2D eigenvalue weighted by atomic mass is 9.71. The predicted molar refractivity (Wildman–Crippen MR) is 133 cm³/mol. The van der Waals surface area contributed by atoms with Gasteiger partial charge in [0.25, 0.3) is 0 Å². The van der Waals surface area contributed by atoms with Crippen molar-refractivity contribution in [2.24, 2.45) is 5.73 Å². The van der Waals surface area contributed by atoms with Crippen LogP contribution in [0.5, 0.6) is 0 Å². The van der Waals surface area contributed by atoms with Crippen LogP contribution in [-0.4, -0.2) is 36.2 Å². The summed E-state index contributed by atoms with van der Waals surface area (Å²) < 4.78 is 13.6. The van der Waals surface area contributed by atoms with Gasteiger partial charge in [0.2, 0.25) is 0 Å². The number of aliphatic hydroxyl groups is 1. The summed E-state index contributed by atoms with van der Waals surface area (Å²) in [6.45, 7) is 3.08. The smallest absolute Gasteiger partial charge is 0.123 e. The minimum Gasteiger partial charge on any atom is -0.385 e. The van der Waals surface area contributed by atoms with Crippen molar-refractivity contribution in [3.05, 3.63) is 106 Å². The Hall–Kier alpha value is -2.24. The van der Waals surface area contributed by atoms with Crippen molar-refractivity contribution >= 4 is 11.6 Å². The van der Waals surface area contributed by atoms with Gasteiger partial charge >= 0.3 is 0 Å². The summed E-state index contributed by atoms with van der Waals surface area (Å²) in [5.74, 6) is -0.237. The molecule has 3 nitrogen and oxygen atoms in total. The highest BCUT2D eigenvalue weighted by Gasteiger charge is 2.35. The topological polar surface area (TPSA) is 49.5 Å². The summed E-state index contributed by atoms with van der Waals surface area (Å²) in [7, 11) is 0. The van der Waals surface area contributed by atoms with Crippen molar-refractivity contribution in [1.29, 1.82) is 0 Å². The summed E-state index contributed by atoms with van der Waals surface area (Å²) >= 11 is 6.00. The molecule has 33 heavy (non-hydrogen) atoms. The number of rotatable bonds is 8. The van der Waals surface area contributed by atoms with Gasteiger partial charge in [-0.2, -0.15) is 0 Å². The fraction of sp³-hybridized carbons (Fsp3) is 0.357. The number of piperidine rings is 1. The molecule has 174 valence electrons. The number of hydrogen-bond donors (Lipinski definition) is 2. The van der Waals surface area contributed by atoms with Crippen LogP contribution in [0.2, 0.25) is 5.02 Å². The Morgan fingerprint density at radius 2 is 1.52 bits per heavy atom. The zero-order valence-electron chi connectivity index (χ0n) is 18.9. The van der Waals surface area contributed by atoms with Gasteiger partial charge in [-0.1, -0.05) is 66.2 Å². The minimum atomic E-state index is -0.791. The maximum atomic E-state index is 13.6. The molecule has 1 aliphatic rings. The summed E-state index contributed by atoms with van der Waals surface area (Å²) in [5, 5.41) is 11.8. The molecule has 0 aromatic heterocycles. The van der Waals surface area contributed by atoms with Crippen LogP contribution in [0.1, 0.15) is 42.4 Å². The number of nitrogens with two attached hydrogens (primary N) is 1. The predicted octanol–water partition coefficient (Wildman–Crippen LogP) is 5.49. The molecular weight excluding hydrogens is 435 g/mol. The lowest BCUT2D eigenvalue weighted by Crippen LogP contribution is -2.43. The first kappa shape index (κ1) is 23.9. The Morgan fingerprint density at radius 3 is 2.12 bits per heavy atom. The van der Waals surface area contributed by atoms with Crippen molar-refractivity contribution in [3.8, 4) is 0 Å². The molecule has 1 fully saturated rings. The van der Waals surface area contributed by atoms with E-state index in [0.717, 1.165) is 49.2 Å². The molecule has 1 atom stereocenters.